The molecule has 3 rings (SSSR count). The number of rotatable bonds is 8. The van der Waals surface area contributed by atoms with Crippen LogP contribution < -0.4 is 15.0 Å². The Bertz CT molecular complexity index is 1030. The molecule has 0 saturated heterocycles. The number of halogens is 3. The maximum atomic E-state index is 12.5. The fourth-order valence-corrected chi connectivity index (χ4v) is 2.99. The molecule has 1 heterocycles. The Labute approximate surface area is 177 Å². The Morgan fingerprint density at radius 1 is 1.10 bits per heavy atom. The van der Waals surface area contributed by atoms with Crippen molar-refractivity contribution < 1.29 is 22.7 Å². The maximum absolute atomic E-state index is 12.5. The van der Waals surface area contributed by atoms with Crippen molar-refractivity contribution in [1.82, 2.24) is 20.4 Å². The topological polar surface area (TPSA) is 73.5 Å². The molecule has 0 bridgehead atoms. The summed E-state index contributed by atoms with van der Waals surface area (Å²) < 4.78 is 40.5. The van der Waals surface area contributed by atoms with Gasteiger partial charge in [0, 0.05) is 37.6 Å². The first-order chi connectivity index (χ1) is 14.6. The third kappa shape index (κ3) is 6.11. The van der Waals surface area contributed by atoms with Gasteiger partial charge >= 0.3 is 6.36 Å². The lowest BCUT2D eigenvalue weighted by molar-refractivity contribution is -0.274. The van der Waals surface area contributed by atoms with Crippen molar-refractivity contribution in [1.29, 1.82) is 0 Å². The number of alkyl halides is 3. The van der Waals surface area contributed by atoms with Crippen LogP contribution in [0.3, 0.4) is 0 Å². The zero-order chi connectivity index (χ0) is 22.6. The lowest BCUT2D eigenvalue weighted by atomic mass is 10.1. The standard InChI is InChI=1S/C21H24F3N5O2/c1-28(2)10-11-29(3)19-17-9-6-15(12-18(17)26-27-19)20(30)25-13-14-4-7-16(8-5-14)31-21(22,23)24/h4-9,12H,10-11,13H2,1-3H3,(H,25,30)(H,26,27). The number of carbonyl (C=O) groups is 1. The molecule has 31 heavy (non-hydrogen) atoms. The summed E-state index contributed by atoms with van der Waals surface area (Å²) in [5.74, 6) is 0.207. The molecule has 0 aliphatic heterocycles. The molecular formula is C21H24F3N5O2. The Morgan fingerprint density at radius 3 is 2.45 bits per heavy atom. The molecule has 3 aromatic rings. The second kappa shape index (κ2) is 9.25. The average molecular weight is 435 g/mol. The van der Waals surface area contributed by atoms with Gasteiger partial charge in [-0.1, -0.05) is 12.1 Å². The smallest absolute Gasteiger partial charge is 0.406 e. The summed E-state index contributed by atoms with van der Waals surface area (Å²) in [6.07, 6.45) is -4.73. The van der Waals surface area contributed by atoms with E-state index in [-0.39, 0.29) is 18.2 Å². The predicted octanol–water partition coefficient (Wildman–Crippen LogP) is 3.39. The highest BCUT2D eigenvalue weighted by atomic mass is 19.4. The van der Waals surface area contributed by atoms with E-state index in [9.17, 15) is 18.0 Å². The van der Waals surface area contributed by atoms with Gasteiger partial charge in [-0.3, -0.25) is 9.89 Å². The third-order valence-corrected chi connectivity index (χ3v) is 4.66. The van der Waals surface area contributed by atoms with Gasteiger partial charge < -0.3 is 19.9 Å². The number of nitrogens with one attached hydrogen (secondary N) is 2. The van der Waals surface area contributed by atoms with Crippen molar-refractivity contribution >= 4 is 22.6 Å². The Kier molecular flexibility index (Phi) is 6.69. The number of hydrogen-bond donors (Lipinski definition) is 2. The van der Waals surface area contributed by atoms with Crippen LogP contribution in [0, 0.1) is 0 Å². The SMILES string of the molecule is CN(C)CCN(C)c1n[nH]c2cc(C(=O)NCc3ccc(OC(F)(F)F)cc3)ccc12. The number of fused-ring (bicyclic) bond motifs is 1. The van der Waals surface area contributed by atoms with E-state index in [1.165, 1.54) is 24.3 Å². The van der Waals surface area contributed by atoms with Gasteiger partial charge in [-0.2, -0.15) is 5.10 Å². The first-order valence-electron chi connectivity index (χ1n) is 9.59. The van der Waals surface area contributed by atoms with E-state index < -0.39 is 6.36 Å². The fourth-order valence-electron chi connectivity index (χ4n) is 2.99. The number of benzene rings is 2. The van der Waals surface area contributed by atoms with Gasteiger partial charge in [0.15, 0.2) is 5.82 Å². The van der Waals surface area contributed by atoms with E-state index in [1.807, 2.05) is 32.1 Å². The highest BCUT2D eigenvalue weighted by molar-refractivity contribution is 6.00. The normalized spacial score (nSPS) is 11.7. The second-order valence-corrected chi connectivity index (χ2v) is 7.41. The molecule has 0 saturated carbocycles. The number of anilines is 1. The molecule has 10 heteroatoms. The lowest BCUT2D eigenvalue weighted by Crippen LogP contribution is -2.28. The van der Waals surface area contributed by atoms with Crippen molar-refractivity contribution in [2.24, 2.45) is 0 Å². The molecule has 0 radical (unpaired) electrons. The van der Waals surface area contributed by atoms with Crippen LogP contribution in [-0.4, -0.2) is 61.6 Å². The molecule has 0 spiro atoms. The average Bonchev–Trinajstić information content (AvgIpc) is 3.13. The number of aromatic amines is 1. The van der Waals surface area contributed by atoms with Crippen molar-refractivity contribution in [2.75, 3.05) is 39.1 Å². The quantitative estimate of drug-likeness (QED) is 0.568. The van der Waals surface area contributed by atoms with Crippen molar-refractivity contribution in [2.45, 2.75) is 12.9 Å². The largest absolute Gasteiger partial charge is 0.573 e. The first kappa shape index (κ1) is 22.4. The highest BCUT2D eigenvalue weighted by Gasteiger charge is 2.30. The zero-order valence-corrected chi connectivity index (χ0v) is 17.5. The van der Waals surface area contributed by atoms with Crippen LogP contribution in [0.25, 0.3) is 10.9 Å². The van der Waals surface area contributed by atoms with E-state index in [1.54, 1.807) is 12.1 Å². The molecule has 0 aliphatic carbocycles. The van der Waals surface area contributed by atoms with Crippen LogP contribution in [0.15, 0.2) is 42.5 Å². The van der Waals surface area contributed by atoms with Crippen LogP contribution in [0.5, 0.6) is 5.75 Å². The number of amides is 1. The van der Waals surface area contributed by atoms with E-state index >= 15 is 0 Å². The zero-order valence-electron chi connectivity index (χ0n) is 17.5. The summed E-state index contributed by atoms with van der Waals surface area (Å²) in [5.41, 5.74) is 1.85. The lowest BCUT2D eigenvalue weighted by Gasteiger charge is -2.19. The molecular weight excluding hydrogens is 411 g/mol. The van der Waals surface area contributed by atoms with Gasteiger partial charge in [0.05, 0.1) is 5.52 Å². The number of aromatic nitrogens is 2. The molecule has 2 N–H and O–H groups in total. The van der Waals surface area contributed by atoms with Crippen LogP contribution in [0.1, 0.15) is 15.9 Å². The molecule has 1 amide bonds. The van der Waals surface area contributed by atoms with Gasteiger partial charge in [-0.05, 0) is 50.0 Å². The summed E-state index contributed by atoms with van der Waals surface area (Å²) in [6.45, 7) is 1.86. The van der Waals surface area contributed by atoms with Gasteiger partial charge in [-0.15, -0.1) is 13.2 Å². The minimum absolute atomic E-state index is 0.171. The first-order valence-corrected chi connectivity index (χ1v) is 9.59. The Hall–Kier alpha value is -3.27. The fraction of sp³-hybridized carbons (Fsp3) is 0.333. The molecule has 7 nitrogen and oxygen atoms in total. The van der Waals surface area contributed by atoms with E-state index in [0.29, 0.717) is 11.1 Å². The molecule has 2 aromatic carbocycles. The second-order valence-electron chi connectivity index (χ2n) is 7.41. The van der Waals surface area contributed by atoms with Crippen LogP contribution >= 0.6 is 0 Å². The van der Waals surface area contributed by atoms with Gasteiger partial charge in [0.1, 0.15) is 5.75 Å². The molecule has 0 unspecified atom stereocenters. The predicted molar refractivity (Wildman–Crippen MR) is 112 cm³/mol. The summed E-state index contributed by atoms with van der Waals surface area (Å²) in [7, 11) is 5.98. The maximum Gasteiger partial charge on any atom is 0.573 e. The van der Waals surface area contributed by atoms with Crippen LogP contribution in [0.2, 0.25) is 0 Å². The monoisotopic (exact) mass is 435 g/mol. The summed E-state index contributed by atoms with van der Waals surface area (Å²) in [4.78, 5) is 16.6. The highest BCUT2D eigenvalue weighted by Crippen LogP contribution is 2.25. The minimum Gasteiger partial charge on any atom is -0.406 e. The van der Waals surface area contributed by atoms with Gasteiger partial charge in [0.2, 0.25) is 0 Å². The summed E-state index contributed by atoms with van der Waals surface area (Å²) in [5, 5.41) is 11.0. The number of likely N-dealkylation sites (N-methyl/N-ethyl adjacent to an activating group) is 2. The Balaban J connectivity index is 1.62. The summed E-state index contributed by atoms with van der Waals surface area (Å²) in [6, 6.07) is 10.6. The summed E-state index contributed by atoms with van der Waals surface area (Å²) >= 11 is 0. The third-order valence-electron chi connectivity index (χ3n) is 4.66. The number of hydrogen-bond acceptors (Lipinski definition) is 5. The van der Waals surface area contributed by atoms with Crippen LogP contribution in [0.4, 0.5) is 19.0 Å². The van der Waals surface area contributed by atoms with Crippen molar-refractivity contribution in [3.63, 3.8) is 0 Å². The molecule has 0 atom stereocenters. The van der Waals surface area contributed by atoms with E-state index in [2.05, 4.69) is 25.2 Å². The van der Waals surface area contributed by atoms with Crippen LogP contribution in [-0.2, 0) is 6.54 Å². The van der Waals surface area contributed by atoms with Gasteiger partial charge in [0.25, 0.3) is 5.91 Å². The molecule has 1 aromatic heterocycles. The minimum atomic E-state index is -4.73. The molecule has 0 fully saturated rings. The van der Waals surface area contributed by atoms with Crippen molar-refractivity contribution in [3.05, 3.63) is 53.6 Å². The number of carbonyl (C=O) groups excluding carboxylic acids is 1. The van der Waals surface area contributed by atoms with E-state index in [0.717, 1.165) is 29.8 Å². The number of ether oxygens (including phenoxy) is 1. The van der Waals surface area contributed by atoms with Gasteiger partial charge in [-0.25, -0.2) is 0 Å². The molecule has 0 aliphatic rings. The number of H-pyrrole nitrogens is 1. The Morgan fingerprint density at radius 2 is 1.81 bits per heavy atom. The van der Waals surface area contributed by atoms with E-state index in [4.69, 9.17) is 0 Å². The molecule has 166 valence electrons. The van der Waals surface area contributed by atoms with Crippen molar-refractivity contribution in [3.8, 4) is 5.75 Å². The number of nitrogens with zero attached hydrogens (tertiary/aromatic N) is 3.